The fourth-order valence-electron chi connectivity index (χ4n) is 4.47. The average molecular weight is 631 g/mol. The molecule has 1 rings (SSSR count). The smallest absolute Gasteiger partial charge is 0.328 e. The fraction of sp³-hybridized carbons (Fsp3) is 0.692. The van der Waals surface area contributed by atoms with Crippen LogP contribution in [0.5, 0.6) is 0 Å². The van der Waals surface area contributed by atoms with Gasteiger partial charge in [-0.25, -0.2) is 4.79 Å². The lowest BCUT2D eigenvalue weighted by molar-refractivity contribution is -0.143. The minimum absolute atomic E-state index is 0.0789. The molecule has 1 saturated carbocycles. The van der Waals surface area contributed by atoms with E-state index in [-0.39, 0.29) is 12.3 Å². The molecule has 0 radical (unpaired) electrons. The van der Waals surface area contributed by atoms with Crippen LogP contribution in [0.25, 0.3) is 0 Å². The maximum absolute atomic E-state index is 12.9. The highest BCUT2D eigenvalue weighted by molar-refractivity contribution is 5.97. The summed E-state index contributed by atoms with van der Waals surface area (Å²) in [7, 11) is 0. The van der Waals surface area contributed by atoms with Crippen LogP contribution in [-0.2, 0) is 38.4 Å². The summed E-state index contributed by atoms with van der Waals surface area (Å²) in [5.74, 6) is -8.97. The third kappa shape index (κ3) is 13.3. The summed E-state index contributed by atoms with van der Waals surface area (Å²) >= 11 is 0. The molecule has 0 aromatic heterocycles. The van der Waals surface area contributed by atoms with Crippen molar-refractivity contribution < 1.29 is 58.8 Å². The van der Waals surface area contributed by atoms with Crippen molar-refractivity contribution in [2.24, 2.45) is 11.7 Å². The van der Waals surface area contributed by atoms with Crippen molar-refractivity contribution in [3.8, 4) is 0 Å². The Bertz CT molecular complexity index is 1080. The van der Waals surface area contributed by atoms with Crippen molar-refractivity contribution in [2.45, 2.75) is 101 Å². The van der Waals surface area contributed by atoms with Gasteiger partial charge >= 0.3 is 17.9 Å². The third-order valence-electron chi connectivity index (χ3n) is 6.97. The standard InChI is InChI=1S/C26H42N6O12/c1-12(29-24(41)17(10-20(36)37)31-23(40)15(27)9-19(34)35)21(38)28-13(2)22(39)30-16(8-14-6-4-3-5-7-14)25(42)32-18(11-33)26(43)44/h12-18,33H,3-11,27H2,1-2H3,(H,28,38)(H,29,41)(H,30,39)(H,31,40)(H,32,42)(H,34,35)(H,36,37)(H,43,44)/t12-,13-,15-,16-,17-,18-/m0/s1. The highest BCUT2D eigenvalue weighted by atomic mass is 16.4. The first-order valence-corrected chi connectivity index (χ1v) is 14.1. The summed E-state index contributed by atoms with van der Waals surface area (Å²) in [4.78, 5) is 96.5. The quantitative estimate of drug-likeness (QED) is 0.0713. The SMILES string of the molecule is C[C@H](NC(=O)[C@H](C)NC(=O)[C@H](CC(=O)O)NC(=O)[C@@H](N)CC(=O)O)C(=O)N[C@@H](CC1CCCCC1)C(=O)N[C@@H](CO)C(=O)O. The highest BCUT2D eigenvalue weighted by Crippen LogP contribution is 2.27. The largest absolute Gasteiger partial charge is 0.481 e. The van der Waals surface area contributed by atoms with Gasteiger partial charge in [-0.1, -0.05) is 32.1 Å². The Hall–Kier alpha value is -4.32. The molecule has 6 atom stereocenters. The van der Waals surface area contributed by atoms with Crippen LogP contribution in [0.4, 0.5) is 0 Å². The van der Waals surface area contributed by atoms with E-state index in [1.165, 1.54) is 13.8 Å². The number of carboxylic acid groups (broad SMARTS) is 3. The van der Waals surface area contributed by atoms with E-state index in [0.29, 0.717) is 0 Å². The first kappa shape index (κ1) is 37.7. The second-order valence-electron chi connectivity index (χ2n) is 10.7. The van der Waals surface area contributed by atoms with Gasteiger partial charge in [0.25, 0.3) is 0 Å². The van der Waals surface area contributed by atoms with Crippen molar-refractivity contribution in [3.63, 3.8) is 0 Å². The van der Waals surface area contributed by atoms with E-state index in [9.17, 15) is 43.5 Å². The number of nitrogens with two attached hydrogens (primary N) is 1. The van der Waals surface area contributed by atoms with Gasteiger partial charge in [-0.2, -0.15) is 0 Å². The van der Waals surface area contributed by atoms with Gasteiger partial charge in [0.1, 0.15) is 30.2 Å². The zero-order valence-electron chi connectivity index (χ0n) is 24.5. The lowest BCUT2D eigenvalue weighted by atomic mass is 9.84. The zero-order chi connectivity index (χ0) is 33.6. The van der Waals surface area contributed by atoms with Crippen LogP contribution in [0.15, 0.2) is 0 Å². The zero-order valence-corrected chi connectivity index (χ0v) is 24.5. The predicted octanol–water partition coefficient (Wildman–Crippen LogP) is -3.23. The molecule has 1 aliphatic rings. The molecule has 248 valence electrons. The van der Waals surface area contributed by atoms with E-state index >= 15 is 0 Å². The van der Waals surface area contributed by atoms with Crippen molar-refractivity contribution >= 4 is 47.4 Å². The number of hydrogen-bond donors (Lipinski definition) is 10. The molecule has 1 aliphatic carbocycles. The second kappa shape index (κ2) is 18.4. The summed E-state index contributed by atoms with van der Waals surface area (Å²) in [5, 5.41) is 47.6. The van der Waals surface area contributed by atoms with Crippen LogP contribution in [-0.4, -0.2) is 111 Å². The van der Waals surface area contributed by atoms with Crippen molar-refractivity contribution in [2.75, 3.05) is 6.61 Å². The summed E-state index contributed by atoms with van der Waals surface area (Å²) in [5.41, 5.74) is 5.44. The number of nitrogens with one attached hydrogen (secondary N) is 5. The number of amides is 5. The Kier molecular flexibility index (Phi) is 15.7. The fourth-order valence-corrected chi connectivity index (χ4v) is 4.47. The van der Waals surface area contributed by atoms with Crippen LogP contribution < -0.4 is 32.3 Å². The molecular formula is C26H42N6O12. The summed E-state index contributed by atoms with van der Waals surface area (Å²) in [6.45, 7) is 1.64. The maximum Gasteiger partial charge on any atom is 0.328 e. The lowest BCUT2D eigenvalue weighted by Gasteiger charge is -2.28. The molecule has 0 aromatic rings. The van der Waals surface area contributed by atoms with Gasteiger partial charge in [-0.3, -0.25) is 33.6 Å². The Morgan fingerprint density at radius 2 is 1.09 bits per heavy atom. The number of aliphatic carboxylic acids is 3. The minimum Gasteiger partial charge on any atom is -0.481 e. The molecule has 0 unspecified atom stereocenters. The second-order valence-corrected chi connectivity index (χ2v) is 10.7. The number of carbonyl (C=O) groups excluding carboxylic acids is 5. The van der Waals surface area contributed by atoms with Gasteiger partial charge in [0.05, 0.1) is 25.5 Å². The lowest BCUT2D eigenvalue weighted by Crippen LogP contribution is -2.58. The molecule has 5 amide bonds. The topological polar surface area (TPSA) is 304 Å². The first-order valence-electron chi connectivity index (χ1n) is 14.1. The summed E-state index contributed by atoms with van der Waals surface area (Å²) in [6.07, 6.45) is 3.03. The Morgan fingerprint density at radius 1 is 0.636 bits per heavy atom. The third-order valence-corrected chi connectivity index (χ3v) is 6.97. The molecule has 1 fully saturated rings. The first-order chi connectivity index (χ1) is 20.5. The summed E-state index contributed by atoms with van der Waals surface area (Å²) < 4.78 is 0. The molecule has 0 aromatic carbocycles. The van der Waals surface area contributed by atoms with Gasteiger partial charge in [0, 0.05) is 0 Å². The number of carboxylic acids is 3. The normalized spacial score (nSPS) is 17.4. The van der Waals surface area contributed by atoms with Gasteiger partial charge in [-0.15, -0.1) is 0 Å². The van der Waals surface area contributed by atoms with E-state index in [1.807, 2.05) is 5.32 Å². The van der Waals surface area contributed by atoms with Gasteiger partial charge < -0.3 is 52.7 Å². The molecule has 18 nitrogen and oxygen atoms in total. The van der Waals surface area contributed by atoms with Gasteiger partial charge in [-0.05, 0) is 26.2 Å². The highest BCUT2D eigenvalue weighted by Gasteiger charge is 2.32. The van der Waals surface area contributed by atoms with Crippen molar-refractivity contribution in [1.82, 2.24) is 26.6 Å². The monoisotopic (exact) mass is 630 g/mol. The number of aliphatic hydroxyl groups is 1. The molecule has 0 saturated heterocycles. The maximum atomic E-state index is 12.9. The number of rotatable bonds is 18. The van der Waals surface area contributed by atoms with E-state index in [4.69, 9.17) is 21.1 Å². The number of hydrogen-bond acceptors (Lipinski definition) is 10. The molecular weight excluding hydrogens is 588 g/mol. The van der Waals surface area contributed by atoms with Crippen LogP contribution in [0.3, 0.4) is 0 Å². The predicted molar refractivity (Wildman–Crippen MR) is 149 cm³/mol. The molecule has 11 N–H and O–H groups in total. The Balaban J connectivity index is 2.86. The molecule has 0 heterocycles. The van der Waals surface area contributed by atoms with E-state index in [1.54, 1.807) is 0 Å². The van der Waals surface area contributed by atoms with E-state index < -0.39 is 103 Å². The van der Waals surface area contributed by atoms with Crippen LogP contribution >= 0.6 is 0 Å². The Morgan fingerprint density at radius 3 is 1.59 bits per heavy atom. The average Bonchev–Trinajstić information content (AvgIpc) is 2.94. The molecule has 0 aliphatic heterocycles. The number of aliphatic hydroxyl groups excluding tert-OH is 1. The minimum atomic E-state index is -1.71. The van der Waals surface area contributed by atoms with Crippen LogP contribution in [0.1, 0.15) is 65.2 Å². The number of carbonyl (C=O) groups is 8. The van der Waals surface area contributed by atoms with E-state index in [2.05, 4.69) is 21.3 Å². The van der Waals surface area contributed by atoms with Crippen molar-refractivity contribution in [3.05, 3.63) is 0 Å². The molecule has 0 spiro atoms. The molecule has 44 heavy (non-hydrogen) atoms. The molecule has 18 heteroatoms. The van der Waals surface area contributed by atoms with Gasteiger partial charge in [0.2, 0.25) is 29.5 Å². The van der Waals surface area contributed by atoms with Crippen molar-refractivity contribution in [1.29, 1.82) is 0 Å². The van der Waals surface area contributed by atoms with Crippen LogP contribution in [0, 0.1) is 5.92 Å². The Labute approximate surface area is 252 Å². The van der Waals surface area contributed by atoms with Crippen LogP contribution in [0.2, 0.25) is 0 Å². The summed E-state index contributed by atoms with van der Waals surface area (Å²) in [6, 6.07) is -8.62. The van der Waals surface area contributed by atoms with E-state index in [0.717, 1.165) is 32.1 Å². The van der Waals surface area contributed by atoms with Gasteiger partial charge in [0.15, 0.2) is 0 Å². The molecule has 0 bridgehead atoms.